The molecule has 0 aliphatic heterocycles. The van der Waals surface area contributed by atoms with E-state index >= 15 is 0 Å². The second-order valence-corrected chi connectivity index (χ2v) is 9.41. The van der Waals surface area contributed by atoms with Crippen LogP contribution < -0.4 is 21.7 Å². The third-order valence-corrected chi connectivity index (χ3v) is 6.00. The summed E-state index contributed by atoms with van der Waals surface area (Å²) >= 11 is 3.38. The first-order valence-corrected chi connectivity index (χ1v) is 12.7. The Kier molecular flexibility index (Phi) is 10.7. The third kappa shape index (κ3) is 9.28. The van der Waals surface area contributed by atoms with Gasteiger partial charge in [-0.1, -0.05) is 70.9 Å². The maximum atomic E-state index is 12.6. The van der Waals surface area contributed by atoms with Crippen LogP contribution in [0.4, 0.5) is 17.1 Å². The van der Waals surface area contributed by atoms with Crippen LogP contribution in [0.15, 0.2) is 83.3 Å². The van der Waals surface area contributed by atoms with Gasteiger partial charge in [0.1, 0.15) is 0 Å². The number of para-hydroxylation sites is 2. The van der Waals surface area contributed by atoms with Crippen LogP contribution in [0.3, 0.4) is 0 Å². The molecule has 0 radical (unpaired) electrons. The first-order valence-electron chi connectivity index (χ1n) is 12.0. The lowest BCUT2D eigenvalue weighted by atomic mass is 10.1. The number of carbonyl (C=O) groups is 3. The normalized spacial score (nSPS) is 11.4. The Morgan fingerprint density at radius 2 is 1.33 bits per heavy atom. The zero-order valence-electron chi connectivity index (χ0n) is 20.0. The summed E-state index contributed by atoms with van der Waals surface area (Å²) in [5, 5.41) is 8.55. The summed E-state index contributed by atoms with van der Waals surface area (Å²) in [5.74, 6) is -0.516. The smallest absolute Gasteiger partial charge is 0.241 e. The van der Waals surface area contributed by atoms with Crippen LogP contribution in [0.25, 0.3) is 0 Å². The number of anilines is 3. The van der Waals surface area contributed by atoms with E-state index in [0.717, 1.165) is 22.1 Å². The predicted octanol–water partition coefficient (Wildman–Crippen LogP) is 5.49. The Bertz CT molecular complexity index is 1170. The lowest BCUT2D eigenvalue weighted by Crippen LogP contribution is -2.37. The molecule has 1 atom stereocenters. The molecule has 5 N–H and O–H groups in total. The molecule has 0 aliphatic rings. The molecule has 3 aromatic carbocycles. The van der Waals surface area contributed by atoms with Crippen LogP contribution in [0.1, 0.15) is 37.7 Å². The Labute approximate surface area is 220 Å². The minimum atomic E-state index is -0.711. The fourth-order valence-corrected chi connectivity index (χ4v) is 4.04. The zero-order valence-corrected chi connectivity index (χ0v) is 21.6. The topological polar surface area (TPSA) is 113 Å². The Balaban J connectivity index is 1.39. The molecule has 8 heteroatoms. The van der Waals surface area contributed by atoms with Crippen molar-refractivity contribution in [2.24, 2.45) is 5.73 Å². The molecular formula is C28H31BrN4O3. The number of nitrogens with two attached hydrogens (primary N) is 1. The molecular weight excluding hydrogens is 520 g/mol. The molecule has 3 amide bonds. The molecule has 188 valence electrons. The molecule has 0 spiro atoms. The van der Waals surface area contributed by atoms with Gasteiger partial charge in [0.25, 0.3) is 0 Å². The number of hydrogen-bond acceptors (Lipinski definition) is 4. The Morgan fingerprint density at radius 3 is 2.00 bits per heavy atom. The SMILES string of the molecule is N[C@@H](Cc1ccccc1)C(=O)Nc1ccccc1NC(=O)CCCCCC(=O)Nc1cccc(Br)c1. The first kappa shape index (κ1) is 27.1. The molecule has 0 aromatic heterocycles. The van der Waals surface area contributed by atoms with Gasteiger partial charge in [-0.15, -0.1) is 0 Å². The van der Waals surface area contributed by atoms with E-state index in [2.05, 4.69) is 31.9 Å². The number of nitrogens with one attached hydrogen (secondary N) is 3. The maximum Gasteiger partial charge on any atom is 0.241 e. The zero-order chi connectivity index (χ0) is 25.8. The first-order chi connectivity index (χ1) is 17.4. The van der Waals surface area contributed by atoms with Crippen LogP contribution >= 0.6 is 15.9 Å². The van der Waals surface area contributed by atoms with Crippen LogP contribution in [-0.2, 0) is 20.8 Å². The quantitative estimate of drug-likeness (QED) is 0.223. The van der Waals surface area contributed by atoms with Crippen molar-refractivity contribution in [1.29, 1.82) is 0 Å². The van der Waals surface area contributed by atoms with E-state index in [4.69, 9.17) is 5.73 Å². The molecule has 3 aromatic rings. The molecule has 0 saturated carbocycles. The van der Waals surface area contributed by atoms with Crippen molar-refractivity contribution in [1.82, 2.24) is 0 Å². The lowest BCUT2D eigenvalue weighted by molar-refractivity contribution is -0.118. The van der Waals surface area contributed by atoms with Gasteiger partial charge in [-0.2, -0.15) is 0 Å². The average Bonchev–Trinajstić information content (AvgIpc) is 2.85. The summed E-state index contributed by atoms with van der Waals surface area (Å²) in [6.07, 6.45) is 3.25. The standard InChI is InChI=1S/C28H31BrN4O3/c29-21-12-9-13-22(19-21)31-26(34)16-5-2-6-17-27(35)32-24-14-7-8-15-25(24)33-28(36)23(30)18-20-10-3-1-4-11-20/h1,3-4,7-15,19,23H,2,5-6,16-18,30H2,(H,31,34)(H,32,35)(H,33,36)/t23-/m0/s1. The van der Waals surface area contributed by atoms with Gasteiger partial charge in [0.15, 0.2) is 0 Å². The molecule has 36 heavy (non-hydrogen) atoms. The largest absolute Gasteiger partial charge is 0.326 e. The Morgan fingerprint density at radius 1 is 0.722 bits per heavy atom. The van der Waals surface area contributed by atoms with E-state index in [1.807, 2.05) is 54.6 Å². The number of benzene rings is 3. The average molecular weight is 551 g/mol. The third-order valence-electron chi connectivity index (χ3n) is 5.51. The van der Waals surface area contributed by atoms with E-state index in [-0.39, 0.29) is 17.7 Å². The molecule has 3 rings (SSSR count). The minimum absolute atomic E-state index is 0.0484. The number of amides is 3. The highest BCUT2D eigenvalue weighted by Gasteiger charge is 2.16. The van der Waals surface area contributed by atoms with Gasteiger partial charge in [-0.25, -0.2) is 0 Å². The maximum absolute atomic E-state index is 12.6. The summed E-state index contributed by atoms with van der Waals surface area (Å²) < 4.78 is 0.905. The van der Waals surface area contributed by atoms with E-state index in [0.29, 0.717) is 43.5 Å². The van der Waals surface area contributed by atoms with Crippen LogP contribution in [-0.4, -0.2) is 23.8 Å². The fraction of sp³-hybridized carbons (Fsp3) is 0.250. The van der Waals surface area contributed by atoms with Crippen molar-refractivity contribution in [3.63, 3.8) is 0 Å². The number of hydrogen-bond donors (Lipinski definition) is 4. The highest BCUT2D eigenvalue weighted by molar-refractivity contribution is 9.10. The summed E-state index contributed by atoms with van der Waals surface area (Å²) in [4.78, 5) is 37.2. The van der Waals surface area contributed by atoms with Crippen molar-refractivity contribution in [2.75, 3.05) is 16.0 Å². The van der Waals surface area contributed by atoms with Gasteiger partial charge >= 0.3 is 0 Å². The highest BCUT2D eigenvalue weighted by Crippen LogP contribution is 2.22. The summed E-state index contributed by atoms with van der Waals surface area (Å²) in [7, 11) is 0. The van der Waals surface area contributed by atoms with Gasteiger partial charge in [-0.05, 0) is 55.2 Å². The highest BCUT2D eigenvalue weighted by atomic mass is 79.9. The van der Waals surface area contributed by atoms with E-state index in [1.165, 1.54) is 0 Å². The van der Waals surface area contributed by atoms with Gasteiger partial charge in [0.05, 0.1) is 17.4 Å². The fourth-order valence-electron chi connectivity index (χ4n) is 3.64. The summed E-state index contributed by atoms with van der Waals surface area (Å²) in [6.45, 7) is 0. The molecule has 0 fully saturated rings. The number of unbranched alkanes of at least 4 members (excludes halogenated alkanes) is 2. The molecule has 0 aliphatic carbocycles. The van der Waals surface area contributed by atoms with Crippen molar-refractivity contribution in [3.05, 3.63) is 88.9 Å². The molecule has 0 saturated heterocycles. The van der Waals surface area contributed by atoms with Crippen molar-refractivity contribution < 1.29 is 14.4 Å². The molecule has 7 nitrogen and oxygen atoms in total. The minimum Gasteiger partial charge on any atom is -0.326 e. The molecule has 0 heterocycles. The van der Waals surface area contributed by atoms with Gasteiger partial charge in [0.2, 0.25) is 17.7 Å². The number of rotatable bonds is 12. The number of halogens is 1. The molecule has 0 bridgehead atoms. The van der Waals surface area contributed by atoms with Gasteiger partial charge < -0.3 is 21.7 Å². The lowest BCUT2D eigenvalue weighted by Gasteiger charge is -2.15. The van der Waals surface area contributed by atoms with E-state index in [9.17, 15) is 14.4 Å². The summed E-state index contributed by atoms with van der Waals surface area (Å²) in [5.41, 5.74) is 8.84. The van der Waals surface area contributed by atoms with Crippen LogP contribution in [0.5, 0.6) is 0 Å². The van der Waals surface area contributed by atoms with Crippen molar-refractivity contribution >= 4 is 50.7 Å². The predicted molar refractivity (Wildman–Crippen MR) is 148 cm³/mol. The van der Waals surface area contributed by atoms with Crippen molar-refractivity contribution in [2.45, 2.75) is 44.6 Å². The van der Waals surface area contributed by atoms with Gasteiger partial charge in [-0.3, -0.25) is 14.4 Å². The van der Waals surface area contributed by atoms with Gasteiger partial charge in [0, 0.05) is 23.0 Å². The van der Waals surface area contributed by atoms with Crippen LogP contribution in [0.2, 0.25) is 0 Å². The van der Waals surface area contributed by atoms with E-state index in [1.54, 1.807) is 24.3 Å². The van der Waals surface area contributed by atoms with E-state index < -0.39 is 6.04 Å². The second-order valence-electron chi connectivity index (χ2n) is 8.50. The van der Waals surface area contributed by atoms with Crippen molar-refractivity contribution in [3.8, 4) is 0 Å². The molecule has 0 unspecified atom stereocenters. The number of carbonyl (C=O) groups excluding carboxylic acids is 3. The monoisotopic (exact) mass is 550 g/mol. The summed E-state index contributed by atoms with van der Waals surface area (Å²) in [6, 6.07) is 23.4. The van der Waals surface area contributed by atoms with Crippen LogP contribution in [0, 0.1) is 0 Å². The Hall–Kier alpha value is -3.49. The second kappa shape index (κ2) is 14.2.